The van der Waals surface area contributed by atoms with Gasteiger partial charge in [0.2, 0.25) is 0 Å². The van der Waals surface area contributed by atoms with Crippen LogP contribution in [0.2, 0.25) is 0 Å². The summed E-state index contributed by atoms with van der Waals surface area (Å²) in [6, 6.07) is -1.46. The molecule has 8 nitrogen and oxygen atoms in total. The first kappa shape index (κ1) is 14.9. The van der Waals surface area contributed by atoms with Crippen molar-refractivity contribution >= 4 is 22.1 Å². The highest BCUT2D eigenvalue weighted by atomic mass is 32.2. The Bertz CT molecular complexity index is 417. The average Bonchev–Trinajstić information content (AvgIpc) is 3.06. The molecule has 0 heterocycles. The minimum Gasteiger partial charge on any atom is -0.480 e. The molecule has 1 aliphatic rings. The zero-order valence-corrected chi connectivity index (χ0v) is 10.7. The summed E-state index contributed by atoms with van der Waals surface area (Å²) in [5.41, 5.74) is 0. The van der Waals surface area contributed by atoms with Crippen molar-refractivity contribution in [3.8, 4) is 0 Å². The number of hydrogen-bond acceptors (Lipinski definition) is 5. The molecular formula is C9H16N2O6S. The Hall–Kier alpha value is -1.19. The zero-order valence-electron chi connectivity index (χ0n) is 9.88. The van der Waals surface area contributed by atoms with E-state index in [0.717, 1.165) is 12.8 Å². The Morgan fingerprint density at radius 2 is 2.06 bits per heavy atom. The molecule has 1 rings (SSSR count). The number of esters is 1. The van der Waals surface area contributed by atoms with Crippen molar-refractivity contribution in [2.75, 3.05) is 7.11 Å². The molecule has 104 valence electrons. The van der Waals surface area contributed by atoms with Gasteiger partial charge in [0.15, 0.2) is 0 Å². The minimum absolute atomic E-state index is 0.113. The number of methoxy groups -OCH3 is 1. The van der Waals surface area contributed by atoms with E-state index in [1.807, 2.05) is 4.72 Å². The van der Waals surface area contributed by atoms with Crippen LogP contribution in [0.4, 0.5) is 0 Å². The van der Waals surface area contributed by atoms with Crippen LogP contribution < -0.4 is 9.44 Å². The summed E-state index contributed by atoms with van der Waals surface area (Å²) in [6.45, 7) is 0. The van der Waals surface area contributed by atoms with Gasteiger partial charge < -0.3 is 9.84 Å². The topological polar surface area (TPSA) is 122 Å². The lowest BCUT2D eigenvalue weighted by Crippen LogP contribution is -2.47. The number of carboxylic acids is 1. The van der Waals surface area contributed by atoms with Crippen molar-refractivity contribution in [1.29, 1.82) is 0 Å². The van der Waals surface area contributed by atoms with Gasteiger partial charge in [-0.1, -0.05) is 0 Å². The lowest BCUT2D eigenvalue weighted by atomic mass is 10.2. The summed E-state index contributed by atoms with van der Waals surface area (Å²) in [5.74, 6) is -1.92. The SMILES string of the molecule is COC(=O)CCC(NS(=O)(=O)NC1CC1)C(=O)O. The van der Waals surface area contributed by atoms with E-state index in [9.17, 15) is 18.0 Å². The van der Waals surface area contributed by atoms with Crippen LogP contribution in [0.5, 0.6) is 0 Å². The Balaban J connectivity index is 2.50. The molecule has 1 saturated carbocycles. The molecule has 9 heteroatoms. The largest absolute Gasteiger partial charge is 0.480 e. The molecule has 1 fully saturated rings. The van der Waals surface area contributed by atoms with Crippen LogP contribution >= 0.6 is 0 Å². The Labute approximate surface area is 105 Å². The van der Waals surface area contributed by atoms with Gasteiger partial charge in [-0.3, -0.25) is 9.59 Å². The van der Waals surface area contributed by atoms with E-state index >= 15 is 0 Å². The van der Waals surface area contributed by atoms with E-state index in [-0.39, 0.29) is 18.9 Å². The van der Waals surface area contributed by atoms with Crippen LogP contribution in [-0.4, -0.2) is 44.7 Å². The van der Waals surface area contributed by atoms with Crippen molar-refractivity contribution in [1.82, 2.24) is 9.44 Å². The zero-order chi connectivity index (χ0) is 13.8. The first-order valence-corrected chi connectivity index (χ1v) is 6.91. The molecule has 1 unspecified atom stereocenters. The quantitative estimate of drug-likeness (QED) is 0.489. The van der Waals surface area contributed by atoms with Gasteiger partial charge in [0.1, 0.15) is 6.04 Å². The van der Waals surface area contributed by atoms with Gasteiger partial charge in [-0.2, -0.15) is 17.9 Å². The molecule has 0 aliphatic heterocycles. The van der Waals surface area contributed by atoms with Crippen molar-refractivity contribution < 1.29 is 27.9 Å². The van der Waals surface area contributed by atoms with E-state index in [1.165, 1.54) is 7.11 Å². The second-order valence-electron chi connectivity index (χ2n) is 4.02. The highest BCUT2D eigenvalue weighted by molar-refractivity contribution is 7.87. The number of aliphatic carboxylic acids is 1. The first-order chi connectivity index (χ1) is 8.34. The molecule has 0 radical (unpaired) electrons. The monoisotopic (exact) mass is 280 g/mol. The van der Waals surface area contributed by atoms with Crippen LogP contribution in [0, 0.1) is 0 Å². The standard InChI is InChI=1S/C9H16N2O6S/c1-17-8(12)5-4-7(9(13)14)11-18(15,16)10-6-2-3-6/h6-7,10-11H,2-5H2,1H3,(H,13,14). The van der Waals surface area contributed by atoms with Gasteiger partial charge in [0.05, 0.1) is 7.11 Å². The molecule has 0 aromatic rings. The molecule has 0 aromatic carbocycles. The summed E-state index contributed by atoms with van der Waals surface area (Å²) >= 11 is 0. The highest BCUT2D eigenvalue weighted by Gasteiger charge is 2.30. The molecule has 0 saturated heterocycles. The summed E-state index contributed by atoms with van der Waals surface area (Å²) in [4.78, 5) is 21.8. The summed E-state index contributed by atoms with van der Waals surface area (Å²) in [5, 5.41) is 8.87. The van der Waals surface area contributed by atoms with E-state index in [2.05, 4.69) is 9.46 Å². The van der Waals surface area contributed by atoms with Gasteiger partial charge in [0.25, 0.3) is 10.2 Å². The van der Waals surface area contributed by atoms with Gasteiger partial charge in [-0.25, -0.2) is 0 Å². The number of nitrogens with one attached hydrogen (secondary N) is 2. The van der Waals surface area contributed by atoms with E-state index in [4.69, 9.17) is 5.11 Å². The normalized spacial score (nSPS) is 17.2. The fraction of sp³-hybridized carbons (Fsp3) is 0.778. The third-order valence-electron chi connectivity index (χ3n) is 2.36. The number of carbonyl (C=O) groups is 2. The molecule has 1 aliphatic carbocycles. The fourth-order valence-corrected chi connectivity index (χ4v) is 2.57. The van der Waals surface area contributed by atoms with Crippen LogP contribution in [0.25, 0.3) is 0 Å². The Morgan fingerprint density at radius 1 is 1.44 bits per heavy atom. The molecule has 0 amide bonds. The van der Waals surface area contributed by atoms with E-state index < -0.39 is 28.2 Å². The third kappa shape index (κ3) is 5.43. The summed E-state index contributed by atoms with van der Waals surface area (Å²) in [6.07, 6.45) is 1.18. The number of carbonyl (C=O) groups excluding carboxylic acids is 1. The molecule has 1 atom stereocenters. The minimum atomic E-state index is -3.85. The maximum Gasteiger partial charge on any atom is 0.321 e. The highest BCUT2D eigenvalue weighted by Crippen LogP contribution is 2.19. The van der Waals surface area contributed by atoms with Crippen molar-refractivity contribution in [2.45, 2.75) is 37.8 Å². The predicted octanol–water partition coefficient (Wildman–Crippen LogP) is -1.02. The van der Waals surface area contributed by atoms with Gasteiger partial charge in [-0.05, 0) is 19.3 Å². The lowest BCUT2D eigenvalue weighted by molar-refractivity contribution is -0.142. The van der Waals surface area contributed by atoms with Crippen molar-refractivity contribution in [3.63, 3.8) is 0 Å². The number of hydrogen-bond donors (Lipinski definition) is 3. The first-order valence-electron chi connectivity index (χ1n) is 5.43. The molecule has 3 N–H and O–H groups in total. The average molecular weight is 280 g/mol. The van der Waals surface area contributed by atoms with Gasteiger partial charge >= 0.3 is 11.9 Å². The van der Waals surface area contributed by atoms with Crippen molar-refractivity contribution in [2.24, 2.45) is 0 Å². The summed E-state index contributed by atoms with van der Waals surface area (Å²) in [7, 11) is -2.67. The third-order valence-corrected chi connectivity index (χ3v) is 3.60. The Kier molecular flexibility index (Phi) is 5.05. The van der Waals surface area contributed by atoms with Crippen LogP contribution in [0.15, 0.2) is 0 Å². The van der Waals surface area contributed by atoms with E-state index in [0.29, 0.717) is 0 Å². The number of carboxylic acid groups (broad SMARTS) is 1. The second-order valence-corrected chi connectivity index (χ2v) is 5.50. The smallest absolute Gasteiger partial charge is 0.321 e. The van der Waals surface area contributed by atoms with E-state index in [1.54, 1.807) is 0 Å². The maximum absolute atomic E-state index is 11.5. The molecular weight excluding hydrogens is 264 g/mol. The Morgan fingerprint density at radius 3 is 2.50 bits per heavy atom. The number of ether oxygens (including phenoxy) is 1. The van der Waals surface area contributed by atoms with Crippen LogP contribution in [0.1, 0.15) is 25.7 Å². The lowest BCUT2D eigenvalue weighted by Gasteiger charge is -2.14. The fourth-order valence-electron chi connectivity index (χ4n) is 1.24. The summed E-state index contributed by atoms with van der Waals surface area (Å²) < 4.78 is 31.7. The molecule has 18 heavy (non-hydrogen) atoms. The molecule has 0 bridgehead atoms. The van der Waals surface area contributed by atoms with Crippen molar-refractivity contribution in [3.05, 3.63) is 0 Å². The van der Waals surface area contributed by atoms with Gasteiger partial charge in [-0.15, -0.1) is 0 Å². The molecule has 0 spiro atoms. The van der Waals surface area contributed by atoms with Gasteiger partial charge in [0, 0.05) is 12.5 Å². The number of rotatable bonds is 8. The second kappa shape index (κ2) is 6.12. The maximum atomic E-state index is 11.5. The van der Waals surface area contributed by atoms with Crippen LogP contribution in [-0.2, 0) is 24.5 Å². The predicted molar refractivity (Wildman–Crippen MR) is 60.9 cm³/mol. The molecule has 0 aromatic heterocycles. The van der Waals surface area contributed by atoms with Crippen LogP contribution in [0.3, 0.4) is 0 Å².